The maximum Gasteiger partial charge on any atom is 0.217 e. The molecule has 0 spiro atoms. The van der Waals surface area contributed by atoms with Gasteiger partial charge in [0, 0.05) is 27.7 Å². The molecule has 10 aliphatic rings. The Morgan fingerprint density at radius 3 is 0.877 bits per heavy atom. The second kappa shape index (κ2) is 43.6. The average Bonchev–Trinajstić information content (AvgIpc) is 0.764. The number of aliphatic hydroxyl groups is 27. The predicted octanol–water partition coefficient (Wildman–Crippen LogP) is -21.2. The van der Waals surface area contributed by atoms with Crippen molar-refractivity contribution in [1.82, 2.24) is 21.3 Å². The van der Waals surface area contributed by atoms with Crippen LogP contribution in [0.5, 0.6) is 0 Å². The average molecular weight is 1790 g/mol. The van der Waals surface area contributed by atoms with Crippen LogP contribution in [0.1, 0.15) is 34.6 Å². The first-order valence-electron chi connectivity index (χ1n) is 39.0. The van der Waals surface area contributed by atoms with E-state index in [2.05, 4.69) is 21.3 Å². The first-order valence-corrected chi connectivity index (χ1v) is 39.0. The number of carbonyl (C=O) groups excluding carboxylic acids is 4. The summed E-state index contributed by atoms with van der Waals surface area (Å²) in [6.07, 6.45) is -95.8. The summed E-state index contributed by atoms with van der Waals surface area (Å²) in [5.41, 5.74) is 0. The van der Waals surface area contributed by atoms with Gasteiger partial charge in [-0.1, -0.05) is 0 Å². The summed E-state index contributed by atoms with van der Waals surface area (Å²) in [6, 6.07) is -7.71. The first-order chi connectivity index (χ1) is 57.7. The van der Waals surface area contributed by atoms with Crippen molar-refractivity contribution in [3.05, 3.63) is 0 Å². The summed E-state index contributed by atoms with van der Waals surface area (Å²) in [4.78, 5) is 52.0. The van der Waals surface area contributed by atoms with Crippen LogP contribution in [0.25, 0.3) is 0 Å². The van der Waals surface area contributed by atoms with Gasteiger partial charge in [0.05, 0.1) is 65.6 Å². The Labute approximate surface area is 691 Å². The van der Waals surface area contributed by atoms with Gasteiger partial charge in [0.1, 0.15) is 238 Å². The number of nitrogens with one attached hydrogen (secondary N) is 4. The van der Waals surface area contributed by atoms with Gasteiger partial charge in [-0.2, -0.15) is 0 Å². The third-order valence-electron chi connectivity index (χ3n) is 22.4. The SMILES string of the molecule is CC(=O)N[C@@H]1[C@@H](O[C@@H]2O[C@@H](C)[C@@H](O)[C@@H](O)[C@@H]2O)[C@H](O[C@@H]2O[C@H](CO)[C@@H](O[C@@H]3O[C@H](CO[C@@H]4O[C@H](CO)[C@@H](O)[C@H](O)[C@@H]4O[C@@H]4O[C@H](CO)[C@@H](O[C@@H]5O[C@H](CO)[C@H](O)[C@H](O)[C@H]5O)[C@H](O)[C@H]4NC(C)=O)[C@@H](O)[C@H](O[C@@H]4O[C@H](CO)[C@@H](O)[C@H](O)[C@@H]4O[C@@H]4O[C@H](CO)[C@@H](O[C@@H]5O[C@H](CO)[C@H](O)[C@H](O)[C@H]5O)[C@H](O)[C@H]4NC(C)=O)[C@@H]3O)[C@H](O)[C@H]2NC(C)=O)[C@@H](CO)O[C@H]1O. The smallest absolute Gasteiger partial charge is 0.217 e. The molecular weight excluding hydrogens is 1670 g/mol. The summed E-state index contributed by atoms with van der Waals surface area (Å²) in [5, 5.41) is 310. The van der Waals surface area contributed by atoms with Gasteiger partial charge in [0.25, 0.3) is 0 Å². The molecule has 4 amide bonds. The molecule has 0 aromatic carbocycles. The lowest BCUT2D eigenvalue weighted by Gasteiger charge is -2.51. The fourth-order valence-corrected chi connectivity index (χ4v) is 15.9. The Hall–Kier alpha value is -3.96. The van der Waals surface area contributed by atoms with Gasteiger partial charge in [-0.15, -0.1) is 0 Å². The highest BCUT2D eigenvalue weighted by Crippen LogP contribution is 2.41. The molecule has 122 heavy (non-hydrogen) atoms. The van der Waals surface area contributed by atoms with E-state index in [0.717, 1.165) is 27.7 Å². The van der Waals surface area contributed by atoms with Gasteiger partial charge in [0.2, 0.25) is 23.6 Å². The predicted molar refractivity (Wildman–Crippen MR) is 375 cm³/mol. The Balaban J connectivity index is 0.993. The molecule has 0 aromatic heterocycles. The van der Waals surface area contributed by atoms with Crippen molar-refractivity contribution in [1.29, 1.82) is 0 Å². The van der Waals surface area contributed by atoms with Gasteiger partial charge >= 0.3 is 0 Å². The summed E-state index contributed by atoms with van der Waals surface area (Å²) in [5.74, 6) is -3.78. The van der Waals surface area contributed by atoms with Crippen LogP contribution in [0.15, 0.2) is 0 Å². The minimum absolute atomic E-state index is 0.863. The topological polar surface area (TPSA) is 838 Å². The van der Waals surface area contributed by atoms with E-state index in [1.165, 1.54) is 6.92 Å². The van der Waals surface area contributed by atoms with Crippen LogP contribution < -0.4 is 21.3 Å². The van der Waals surface area contributed by atoms with Crippen molar-refractivity contribution in [3.8, 4) is 0 Å². The Bertz CT molecular complexity index is 3290. The quantitative estimate of drug-likeness (QED) is 0.0306. The highest BCUT2D eigenvalue weighted by molar-refractivity contribution is 5.74. The van der Waals surface area contributed by atoms with Crippen molar-refractivity contribution in [2.45, 2.75) is 341 Å². The van der Waals surface area contributed by atoms with Crippen LogP contribution >= 0.6 is 0 Å². The van der Waals surface area contributed by atoms with Crippen LogP contribution in [0, 0.1) is 0 Å². The molecule has 0 bridgehead atoms. The maximum absolute atomic E-state index is 13.3. The molecule has 10 heterocycles. The van der Waals surface area contributed by atoms with E-state index in [9.17, 15) is 157 Å². The van der Waals surface area contributed by atoms with Gasteiger partial charge < -0.3 is 249 Å². The monoisotopic (exact) mass is 1790 g/mol. The molecule has 0 aliphatic carbocycles. The maximum atomic E-state index is 13.3. The van der Waals surface area contributed by atoms with E-state index in [-0.39, 0.29) is 0 Å². The third-order valence-corrected chi connectivity index (χ3v) is 22.4. The van der Waals surface area contributed by atoms with Crippen molar-refractivity contribution in [3.63, 3.8) is 0 Å². The largest absolute Gasteiger partial charge is 0.394 e. The second-order valence-corrected chi connectivity index (χ2v) is 31.0. The molecule has 706 valence electrons. The van der Waals surface area contributed by atoms with Gasteiger partial charge in [-0.3, -0.25) is 19.2 Å². The van der Waals surface area contributed by atoms with Crippen molar-refractivity contribution < 1.29 is 247 Å². The van der Waals surface area contributed by atoms with Gasteiger partial charge in [-0.25, -0.2) is 0 Å². The Morgan fingerprint density at radius 1 is 0.230 bits per heavy atom. The summed E-state index contributed by atoms with van der Waals surface area (Å²) < 4.78 is 113. The molecule has 54 heteroatoms. The molecule has 0 saturated carbocycles. The zero-order valence-electron chi connectivity index (χ0n) is 65.7. The molecule has 10 aliphatic heterocycles. The summed E-state index contributed by atoms with van der Waals surface area (Å²) >= 11 is 0. The normalized spacial score (nSPS) is 49.7. The minimum Gasteiger partial charge on any atom is -0.394 e. The Morgan fingerprint density at radius 2 is 0.500 bits per heavy atom. The number of hydrogen-bond acceptors (Lipinski definition) is 50. The number of ether oxygens (including phenoxy) is 19. The van der Waals surface area contributed by atoms with Crippen molar-refractivity contribution in [2.75, 3.05) is 59.5 Å². The summed E-state index contributed by atoms with van der Waals surface area (Å²) in [6.45, 7) is -5.14. The second-order valence-electron chi connectivity index (χ2n) is 31.0. The van der Waals surface area contributed by atoms with E-state index in [1.54, 1.807) is 0 Å². The first kappa shape index (κ1) is 100. The molecule has 0 aromatic rings. The van der Waals surface area contributed by atoms with Crippen molar-refractivity contribution in [2.24, 2.45) is 0 Å². The molecule has 10 rings (SSSR count). The molecule has 10 fully saturated rings. The van der Waals surface area contributed by atoms with E-state index in [0.29, 0.717) is 0 Å². The number of carbonyl (C=O) groups is 4. The van der Waals surface area contributed by atoms with Crippen LogP contribution in [-0.4, -0.2) is 528 Å². The zero-order valence-corrected chi connectivity index (χ0v) is 65.7. The van der Waals surface area contributed by atoms with Gasteiger partial charge in [-0.05, 0) is 6.92 Å². The third kappa shape index (κ3) is 21.9. The van der Waals surface area contributed by atoms with Crippen molar-refractivity contribution >= 4 is 23.6 Å². The highest BCUT2D eigenvalue weighted by atomic mass is 16.8. The van der Waals surface area contributed by atoms with Crippen LogP contribution in [0.3, 0.4) is 0 Å². The zero-order chi connectivity index (χ0) is 89.8. The number of aliphatic hydroxyl groups excluding tert-OH is 27. The minimum atomic E-state index is -2.63. The van der Waals surface area contributed by atoms with Crippen LogP contribution in [-0.2, 0) is 109 Å². The van der Waals surface area contributed by atoms with E-state index < -0.39 is 390 Å². The highest BCUT2D eigenvalue weighted by Gasteiger charge is 2.62. The molecule has 54 nitrogen and oxygen atoms in total. The fourth-order valence-electron chi connectivity index (χ4n) is 15.9. The molecule has 0 radical (unpaired) electrons. The molecule has 0 unspecified atom stereocenters. The van der Waals surface area contributed by atoms with Gasteiger partial charge in [0.15, 0.2) is 62.9 Å². The molecular formula is C68H114N4O50. The van der Waals surface area contributed by atoms with Crippen LogP contribution in [0.4, 0.5) is 0 Å². The van der Waals surface area contributed by atoms with Crippen LogP contribution in [0.2, 0.25) is 0 Å². The summed E-state index contributed by atoms with van der Waals surface area (Å²) in [7, 11) is 0. The lowest BCUT2D eigenvalue weighted by atomic mass is 9.93. The fraction of sp³-hybridized carbons (Fsp3) is 0.941. The van der Waals surface area contributed by atoms with E-state index in [1.807, 2.05) is 0 Å². The Kier molecular flexibility index (Phi) is 35.8. The number of amides is 4. The van der Waals surface area contributed by atoms with E-state index >= 15 is 0 Å². The van der Waals surface area contributed by atoms with E-state index in [4.69, 9.17) is 90.0 Å². The number of hydrogen-bond donors (Lipinski definition) is 31. The molecule has 50 atom stereocenters. The number of rotatable bonds is 31. The standard InChI is InChI=1S/C68H114N4O50/c1-15-33(85)42(94)47(99)63(105-15)119-55-32(72-19(5)84)59(103)106-27(13-80)54(55)118-60-29(69-16(2)81)39(91)53(26(12-79)111-60)117-66-50(102)56(120-68-58(46(98)37(89)23(9-76)110-68)122-62-31(71-18(4)83)41(93)52(25(11-78)113-62)116-65-49(101)44(96)35(87)21(7-74)108-65)38(90)28(114-66)14-104-67-57(45(97)36(88)22(8-75)109-67)121-61-30(70-17(3)82)40(92)51(24(10-77)112-61)115-64-48(100)43(95)34(86)20(6-73)107-64/h15,20-68,73-80,85-103H,6-14H2,1-5H3,(H,69,81)(H,70,82)(H,71,83)(H,72,84)/t15-,20+,21+,22+,23+,24+,25+,26+,27+,28+,29+,30+,31+,32+,33+,34-,35-,36+,37+,38+,39+,40+,41+,42+,43-,44-,45-,46-,47-,48+,49+,50-,51+,52+,53+,54+,55+,56-,57-,58-,59+,60-,61-,62-,63-,64-,65-,66-,67+,68-/m0/s1. The lowest BCUT2D eigenvalue weighted by Crippen LogP contribution is -2.71. The molecule has 31 N–H and O–H groups in total. The lowest BCUT2D eigenvalue weighted by molar-refractivity contribution is -0.399. The molecule has 10 saturated heterocycles.